The Bertz CT molecular complexity index is 1180. The zero-order valence-electron chi connectivity index (χ0n) is 16.6. The smallest absolute Gasteiger partial charge is 0.251 e. The van der Waals surface area contributed by atoms with E-state index in [9.17, 15) is 14.4 Å². The molecule has 1 amide bonds. The molecule has 0 fully saturated rings. The van der Waals surface area contributed by atoms with Crippen LogP contribution in [0.1, 0.15) is 35.0 Å². The predicted octanol–water partition coefficient (Wildman–Crippen LogP) is 5.10. The number of aromatic nitrogens is 2. The van der Waals surface area contributed by atoms with Gasteiger partial charge >= 0.3 is 0 Å². The zero-order chi connectivity index (χ0) is 22.4. The number of halogens is 2. The lowest BCUT2D eigenvalue weighted by Gasteiger charge is -2.12. The van der Waals surface area contributed by atoms with Crippen LogP contribution < -0.4 is 10.9 Å². The van der Waals surface area contributed by atoms with Crippen LogP contribution in [-0.2, 0) is 11.2 Å². The molecule has 0 saturated heterocycles. The number of nitrogens with one attached hydrogen (secondary N) is 2. The Labute approximate surface area is 197 Å². The van der Waals surface area contributed by atoms with E-state index < -0.39 is 0 Å². The summed E-state index contributed by atoms with van der Waals surface area (Å²) in [5.74, 6) is -0.605. The fourth-order valence-corrected chi connectivity index (χ4v) is 4.14. The lowest BCUT2D eigenvalue weighted by molar-refractivity contribution is -0.113. The highest BCUT2D eigenvalue weighted by atomic mass is 79.9. The van der Waals surface area contributed by atoms with Crippen molar-refractivity contribution >= 4 is 56.7 Å². The minimum atomic E-state index is -0.330. The number of benzene rings is 2. The van der Waals surface area contributed by atoms with Crippen LogP contribution in [0.3, 0.4) is 0 Å². The molecule has 0 radical (unpaired) electrons. The van der Waals surface area contributed by atoms with E-state index in [4.69, 9.17) is 11.6 Å². The Morgan fingerprint density at radius 3 is 2.68 bits per heavy atom. The van der Waals surface area contributed by atoms with Gasteiger partial charge in [0.25, 0.3) is 5.56 Å². The maximum Gasteiger partial charge on any atom is 0.251 e. The molecule has 160 valence electrons. The molecule has 0 atom stereocenters. The Hall–Kier alpha value is -2.42. The molecule has 2 aromatic carbocycles. The van der Waals surface area contributed by atoms with Crippen molar-refractivity contribution in [2.24, 2.45) is 0 Å². The third kappa shape index (κ3) is 6.29. The van der Waals surface area contributed by atoms with Crippen LogP contribution in [-0.4, -0.2) is 27.4 Å². The molecule has 0 unspecified atom stereocenters. The molecule has 9 heteroatoms. The van der Waals surface area contributed by atoms with E-state index in [-0.39, 0.29) is 23.0 Å². The molecular formula is C22H19BrClN3O3S. The first-order chi connectivity index (χ1) is 14.9. The second kappa shape index (κ2) is 10.7. The average molecular weight is 521 g/mol. The molecular weight excluding hydrogens is 502 g/mol. The normalized spacial score (nSPS) is 10.7. The lowest BCUT2D eigenvalue weighted by atomic mass is 10.0. The summed E-state index contributed by atoms with van der Waals surface area (Å²) >= 11 is 10.7. The standard InChI is InChI=1S/C22H19BrClN3O3S/c1-2-5-14-11-19(28)27-22(25-14)31-12-20(29)26-18-9-8-13(23)10-16(18)21(30)15-6-3-4-7-17(15)24/h3-4,6-11H,2,5,12H2,1H3,(H,26,29)(H,25,27,28). The first-order valence-electron chi connectivity index (χ1n) is 9.49. The number of H-pyrrole nitrogens is 1. The van der Waals surface area contributed by atoms with E-state index in [1.807, 2.05) is 6.92 Å². The minimum Gasteiger partial charge on any atom is -0.325 e. The van der Waals surface area contributed by atoms with Gasteiger partial charge in [0.1, 0.15) is 0 Å². The number of amides is 1. The number of anilines is 1. The SMILES string of the molecule is CCCc1cc(=O)[nH]c(SCC(=O)Nc2ccc(Br)cc2C(=O)c2ccccc2Cl)n1. The molecule has 3 aromatic rings. The van der Waals surface area contributed by atoms with E-state index in [0.717, 1.165) is 18.2 Å². The van der Waals surface area contributed by atoms with Gasteiger partial charge in [-0.15, -0.1) is 0 Å². The second-order valence-electron chi connectivity index (χ2n) is 6.63. The average Bonchev–Trinajstić information content (AvgIpc) is 2.73. The highest BCUT2D eigenvalue weighted by Crippen LogP contribution is 2.27. The molecule has 0 aliphatic rings. The third-order valence-corrected chi connectivity index (χ3v) is 5.93. The third-order valence-electron chi connectivity index (χ3n) is 4.24. The Morgan fingerprint density at radius 2 is 1.94 bits per heavy atom. The van der Waals surface area contributed by atoms with Gasteiger partial charge in [0.05, 0.1) is 16.5 Å². The van der Waals surface area contributed by atoms with Crippen molar-refractivity contribution in [1.29, 1.82) is 0 Å². The van der Waals surface area contributed by atoms with Crippen LogP contribution >= 0.6 is 39.3 Å². The number of rotatable bonds is 8. The van der Waals surface area contributed by atoms with Gasteiger partial charge in [-0.25, -0.2) is 4.98 Å². The number of carbonyl (C=O) groups is 2. The number of nitrogens with zero attached hydrogens (tertiary/aromatic N) is 1. The molecule has 1 heterocycles. The molecule has 0 spiro atoms. The van der Waals surface area contributed by atoms with E-state index in [1.165, 1.54) is 6.07 Å². The fraction of sp³-hybridized carbons (Fsp3) is 0.182. The molecule has 0 saturated carbocycles. The number of thioether (sulfide) groups is 1. The number of hydrogen-bond donors (Lipinski definition) is 2. The molecule has 2 N–H and O–H groups in total. The second-order valence-corrected chi connectivity index (χ2v) is 8.91. The van der Waals surface area contributed by atoms with E-state index >= 15 is 0 Å². The van der Waals surface area contributed by atoms with Gasteiger partial charge in [0.15, 0.2) is 10.9 Å². The minimum absolute atomic E-state index is 0.0221. The van der Waals surface area contributed by atoms with Crippen molar-refractivity contribution in [2.45, 2.75) is 24.9 Å². The molecule has 0 aliphatic heterocycles. The summed E-state index contributed by atoms with van der Waals surface area (Å²) in [5.41, 5.74) is 1.48. The van der Waals surface area contributed by atoms with Crippen LogP contribution in [0, 0.1) is 0 Å². The number of carbonyl (C=O) groups excluding carboxylic acids is 2. The van der Waals surface area contributed by atoms with E-state index in [2.05, 4.69) is 31.2 Å². The van der Waals surface area contributed by atoms with Crippen LogP contribution in [0.25, 0.3) is 0 Å². The number of aromatic amines is 1. The van der Waals surface area contributed by atoms with Gasteiger partial charge in [-0.2, -0.15) is 0 Å². The van der Waals surface area contributed by atoms with Crippen molar-refractivity contribution in [1.82, 2.24) is 9.97 Å². The molecule has 0 aliphatic carbocycles. The molecule has 1 aromatic heterocycles. The van der Waals surface area contributed by atoms with Crippen molar-refractivity contribution < 1.29 is 9.59 Å². The lowest BCUT2D eigenvalue weighted by Crippen LogP contribution is -2.18. The van der Waals surface area contributed by atoms with Crippen molar-refractivity contribution in [3.8, 4) is 0 Å². The van der Waals surface area contributed by atoms with Crippen LogP contribution in [0.15, 0.2) is 63.0 Å². The van der Waals surface area contributed by atoms with Gasteiger partial charge in [-0.05, 0) is 36.8 Å². The van der Waals surface area contributed by atoms with Gasteiger partial charge in [-0.3, -0.25) is 14.4 Å². The summed E-state index contributed by atoms with van der Waals surface area (Å²) in [4.78, 5) is 44.3. The highest BCUT2D eigenvalue weighted by Gasteiger charge is 2.18. The van der Waals surface area contributed by atoms with Crippen LogP contribution in [0.2, 0.25) is 5.02 Å². The largest absolute Gasteiger partial charge is 0.325 e. The number of ketones is 1. The van der Waals surface area contributed by atoms with Crippen LogP contribution in [0.5, 0.6) is 0 Å². The molecule has 3 rings (SSSR count). The topological polar surface area (TPSA) is 91.9 Å². The Morgan fingerprint density at radius 1 is 1.16 bits per heavy atom. The van der Waals surface area contributed by atoms with E-state index in [0.29, 0.717) is 43.6 Å². The van der Waals surface area contributed by atoms with Crippen LogP contribution in [0.4, 0.5) is 5.69 Å². The summed E-state index contributed by atoms with van der Waals surface area (Å²) in [5, 5.41) is 3.49. The Kier molecular flexibility index (Phi) is 8.06. The zero-order valence-corrected chi connectivity index (χ0v) is 19.7. The monoisotopic (exact) mass is 519 g/mol. The molecule has 0 bridgehead atoms. The summed E-state index contributed by atoms with van der Waals surface area (Å²) in [6.45, 7) is 2.00. The Balaban J connectivity index is 1.76. The van der Waals surface area contributed by atoms with Gasteiger partial charge < -0.3 is 10.3 Å². The predicted molar refractivity (Wildman–Crippen MR) is 127 cm³/mol. The van der Waals surface area contributed by atoms with Crippen molar-refractivity contribution in [3.05, 3.63) is 85.2 Å². The number of hydrogen-bond acceptors (Lipinski definition) is 5. The van der Waals surface area contributed by atoms with Gasteiger partial charge in [-0.1, -0.05) is 64.8 Å². The van der Waals surface area contributed by atoms with Crippen molar-refractivity contribution in [2.75, 3.05) is 11.1 Å². The summed E-state index contributed by atoms with van der Waals surface area (Å²) < 4.78 is 0.699. The van der Waals surface area contributed by atoms with E-state index in [1.54, 1.807) is 42.5 Å². The molecule has 31 heavy (non-hydrogen) atoms. The summed E-state index contributed by atoms with van der Waals surface area (Å²) in [6, 6.07) is 13.2. The summed E-state index contributed by atoms with van der Waals surface area (Å²) in [7, 11) is 0. The highest BCUT2D eigenvalue weighted by molar-refractivity contribution is 9.10. The molecule has 6 nitrogen and oxygen atoms in total. The summed E-state index contributed by atoms with van der Waals surface area (Å²) in [6.07, 6.45) is 1.56. The quantitative estimate of drug-likeness (QED) is 0.245. The maximum atomic E-state index is 13.0. The first-order valence-corrected chi connectivity index (χ1v) is 11.6. The fourth-order valence-electron chi connectivity index (χ4n) is 2.86. The van der Waals surface area contributed by atoms with Gasteiger partial charge in [0.2, 0.25) is 5.91 Å². The number of aryl methyl sites for hydroxylation is 1. The first kappa shape index (κ1) is 23.2. The van der Waals surface area contributed by atoms with Gasteiger partial charge in [0, 0.05) is 27.4 Å². The van der Waals surface area contributed by atoms with Crippen molar-refractivity contribution in [3.63, 3.8) is 0 Å². The maximum absolute atomic E-state index is 13.0.